The van der Waals surface area contributed by atoms with E-state index in [4.69, 9.17) is 4.74 Å². The van der Waals surface area contributed by atoms with Crippen molar-refractivity contribution < 1.29 is 22.7 Å². The van der Waals surface area contributed by atoms with Gasteiger partial charge in [-0.3, -0.25) is 4.90 Å². The van der Waals surface area contributed by atoms with Crippen LogP contribution in [0, 0.1) is 0 Å². The lowest BCUT2D eigenvalue weighted by Crippen LogP contribution is -2.48. The fraction of sp³-hybridized carbons (Fsp3) is 0.500. The van der Waals surface area contributed by atoms with Crippen LogP contribution >= 0.6 is 0 Å². The molecule has 0 saturated heterocycles. The maximum atomic E-state index is 12.2. The summed E-state index contributed by atoms with van der Waals surface area (Å²) in [6, 6.07) is 5.86. The van der Waals surface area contributed by atoms with Gasteiger partial charge in [-0.2, -0.15) is 0 Å². The zero-order chi connectivity index (χ0) is 18.1. The molecule has 0 fully saturated rings. The quantitative estimate of drug-likeness (QED) is 0.785. The third-order valence-corrected chi connectivity index (χ3v) is 4.59. The molecule has 7 heteroatoms. The Morgan fingerprint density at radius 2 is 1.61 bits per heavy atom. The van der Waals surface area contributed by atoms with Gasteiger partial charge in [-0.15, -0.1) is 0 Å². The Morgan fingerprint density at radius 3 is 1.96 bits per heavy atom. The molecule has 0 aromatic heterocycles. The van der Waals surface area contributed by atoms with Crippen molar-refractivity contribution in [2.75, 3.05) is 13.3 Å². The SMILES string of the molecule is CN(C(=O)OC(C)(C)C)C(C)(C=O)c1ccc(S(C)(=O)=O)cc1. The van der Waals surface area contributed by atoms with E-state index >= 15 is 0 Å². The van der Waals surface area contributed by atoms with Crippen molar-refractivity contribution in [3.8, 4) is 0 Å². The van der Waals surface area contributed by atoms with Crippen LogP contribution in [-0.4, -0.2) is 44.6 Å². The highest BCUT2D eigenvalue weighted by molar-refractivity contribution is 7.90. The average Bonchev–Trinajstić information content (AvgIpc) is 2.43. The van der Waals surface area contributed by atoms with E-state index < -0.39 is 27.1 Å². The van der Waals surface area contributed by atoms with Crippen molar-refractivity contribution in [3.63, 3.8) is 0 Å². The third kappa shape index (κ3) is 4.54. The lowest BCUT2D eigenvalue weighted by Gasteiger charge is -2.35. The Bertz CT molecular complexity index is 688. The molecule has 1 rings (SSSR count). The number of aldehydes is 1. The van der Waals surface area contributed by atoms with Crippen LogP contribution in [0.3, 0.4) is 0 Å². The highest BCUT2D eigenvalue weighted by atomic mass is 32.2. The summed E-state index contributed by atoms with van der Waals surface area (Å²) in [6.07, 6.45) is 1.10. The van der Waals surface area contributed by atoms with Crippen molar-refractivity contribution in [3.05, 3.63) is 29.8 Å². The smallest absolute Gasteiger partial charge is 0.411 e. The fourth-order valence-corrected chi connectivity index (χ4v) is 2.53. The predicted octanol–water partition coefficient (Wildman–Crippen LogP) is 2.37. The molecule has 0 aliphatic carbocycles. The lowest BCUT2D eigenvalue weighted by atomic mass is 9.92. The lowest BCUT2D eigenvalue weighted by molar-refractivity contribution is -0.117. The van der Waals surface area contributed by atoms with Crippen LogP contribution in [0.4, 0.5) is 4.79 Å². The summed E-state index contributed by atoms with van der Waals surface area (Å²) in [5.41, 5.74) is -1.46. The van der Waals surface area contributed by atoms with Crippen LogP contribution in [0.1, 0.15) is 33.3 Å². The summed E-state index contributed by atoms with van der Waals surface area (Å²) >= 11 is 0. The van der Waals surface area contributed by atoms with Gasteiger partial charge in [-0.1, -0.05) is 12.1 Å². The van der Waals surface area contributed by atoms with Crippen LogP contribution in [-0.2, 0) is 24.9 Å². The van der Waals surface area contributed by atoms with Gasteiger partial charge in [0.1, 0.15) is 17.4 Å². The number of carbonyl (C=O) groups is 2. The van der Waals surface area contributed by atoms with Gasteiger partial charge in [-0.25, -0.2) is 13.2 Å². The molecule has 0 aliphatic rings. The van der Waals surface area contributed by atoms with Crippen LogP contribution in [0.25, 0.3) is 0 Å². The second kappa shape index (κ2) is 6.31. The zero-order valence-corrected chi connectivity index (χ0v) is 15.1. The minimum Gasteiger partial charge on any atom is -0.444 e. The fourth-order valence-electron chi connectivity index (χ4n) is 1.90. The number of rotatable bonds is 4. The van der Waals surface area contributed by atoms with Crippen molar-refractivity contribution in [1.82, 2.24) is 4.90 Å². The largest absolute Gasteiger partial charge is 0.444 e. The Morgan fingerprint density at radius 1 is 1.13 bits per heavy atom. The molecule has 128 valence electrons. The number of sulfone groups is 1. The monoisotopic (exact) mass is 341 g/mol. The van der Waals surface area contributed by atoms with E-state index in [-0.39, 0.29) is 4.90 Å². The van der Waals surface area contributed by atoms with Gasteiger partial charge in [0, 0.05) is 13.3 Å². The van der Waals surface area contributed by atoms with Crippen LogP contribution < -0.4 is 0 Å². The second-order valence-corrected chi connectivity index (χ2v) is 8.62. The van der Waals surface area contributed by atoms with E-state index in [9.17, 15) is 18.0 Å². The molecule has 1 atom stereocenters. The van der Waals surface area contributed by atoms with Gasteiger partial charge >= 0.3 is 6.09 Å². The van der Waals surface area contributed by atoms with Crippen LogP contribution in [0.15, 0.2) is 29.2 Å². The molecule has 0 spiro atoms. The molecule has 6 nitrogen and oxygen atoms in total. The molecule has 23 heavy (non-hydrogen) atoms. The van der Waals surface area contributed by atoms with Crippen molar-refractivity contribution in [1.29, 1.82) is 0 Å². The molecule has 0 bridgehead atoms. The van der Waals surface area contributed by atoms with Crippen molar-refractivity contribution >= 4 is 22.2 Å². The molecular formula is C16H23NO5S. The highest BCUT2D eigenvalue weighted by Gasteiger charge is 2.36. The summed E-state index contributed by atoms with van der Waals surface area (Å²) in [7, 11) is -1.86. The van der Waals surface area contributed by atoms with E-state index in [0.29, 0.717) is 11.8 Å². The molecule has 0 aliphatic heterocycles. The summed E-state index contributed by atoms with van der Waals surface area (Å²) in [5, 5.41) is 0. The van der Waals surface area contributed by atoms with E-state index in [1.807, 2.05) is 0 Å². The standard InChI is InChI=1S/C16H23NO5S/c1-15(2,3)22-14(19)17(5)16(4,11-18)12-7-9-13(10-8-12)23(6,20)21/h7-11H,1-6H3. The predicted molar refractivity (Wildman–Crippen MR) is 87.0 cm³/mol. The minimum atomic E-state index is -3.33. The molecule has 0 radical (unpaired) electrons. The number of amides is 1. The summed E-state index contributed by atoms with van der Waals surface area (Å²) in [6.45, 7) is 6.77. The summed E-state index contributed by atoms with van der Waals surface area (Å²) in [5.74, 6) is 0. The topological polar surface area (TPSA) is 80.8 Å². The Labute approximate surface area is 137 Å². The van der Waals surface area contributed by atoms with Crippen molar-refractivity contribution in [2.24, 2.45) is 0 Å². The zero-order valence-electron chi connectivity index (χ0n) is 14.3. The number of nitrogens with zero attached hydrogens (tertiary/aromatic N) is 1. The molecule has 1 unspecified atom stereocenters. The Kier molecular flexibility index (Phi) is 5.26. The van der Waals surface area contributed by atoms with E-state index in [1.54, 1.807) is 27.7 Å². The van der Waals surface area contributed by atoms with E-state index in [2.05, 4.69) is 0 Å². The number of benzene rings is 1. The maximum Gasteiger partial charge on any atom is 0.411 e. The number of likely N-dealkylation sites (N-methyl/N-ethyl adjacent to an activating group) is 1. The van der Waals surface area contributed by atoms with Gasteiger partial charge in [0.25, 0.3) is 0 Å². The second-order valence-electron chi connectivity index (χ2n) is 6.60. The van der Waals surface area contributed by atoms with E-state index in [0.717, 1.165) is 6.26 Å². The first-order chi connectivity index (χ1) is 10.3. The van der Waals surface area contributed by atoms with Crippen LogP contribution in [0.5, 0.6) is 0 Å². The van der Waals surface area contributed by atoms with Crippen molar-refractivity contribution in [2.45, 2.75) is 43.7 Å². The first kappa shape index (κ1) is 19.2. The normalized spacial score (nSPS) is 14.7. The minimum absolute atomic E-state index is 0.148. The number of hydrogen-bond donors (Lipinski definition) is 0. The van der Waals surface area contributed by atoms with Gasteiger partial charge in [-0.05, 0) is 45.4 Å². The number of ether oxygens (including phenoxy) is 1. The molecule has 0 heterocycles. The average molecular weight is 341 g/mol. The maximum absolute atomic E-state index is 12.2. The molecule has 0 N–H and O–H groups in total. The van der Waals surface area contributed by atoms with Gasteiger partial charge < -0.3 is 9.53 Å². The Hall–Kier alpha value is -1.89. The first-order valence-corrected chi connectivity index (χ1v) is 8.94. The summed E-state index contributed by atoms with van der Waals surface area (Å²) < 4.78 is 28.3. The summed E-state index contributed by atoms with van der Waals surface area (Å²) in [4.78, 5) is 25.2. The van der Waals surface area contributed by atoms with Gasteiger partial charge in [0.05, 0.1) is 4.90 Å². The van der Waals surface area contributed by atoms with Crippen LogP contribution in [0.2, 0.25) is 0 Å². The molecule has 1 aromatic carbocycles. The van der Waals surface area contributed by atoms with Gasteiger partial charge in [0.2, 0.25) is 0 Å². The molecular weight excluding hydrogens is 318 g/mol. The molecule has 0 saturated carbocycles. The molecule has 1 aromatic rings. The number of hydrogen-bond acceptors (Lipinski definition) is 5. The third-order valence-electron chi connectivity index (χ3n) is 3.46. The molecule has 1 amide bonds. The highest BCUT2D eigenvalue weighted by Crippen LogP contribution is 2.27. The Balaban J connectivity index is 3.18. The first-order valence-electron chi connectivity index (χ1n) is 7.05. The van der Waals surface area contributed by atoms with E-state index in [1.165, 1.54) is 36.2 Å². The van der Waals surface area contributed by atoms with Gasteiger partial charge in [0.15, 0.2) is 9.84 Å². The number of carbonyl (C=O) groups excluding carboxylic acids is 2.